The van der Waals surface area contributed by atoms with Crippen LogP contribution in [0.25, 0.3) is 20.9 Å². The van der Waals surface area contributed by atoms with Gasteiger partial charge in [-0.2, -0.15) is 0 Å². The number of hydrogen-bond acceptors (Lipinski definition) is 26. The van der Waals surface area contributed by atoms with Gasteiger partial charge < -0.3 is 128 Å². The average molecular weight is 1990 g/mol. The molecular formula is C91H160N34O16+4. The molecule has 0 fully saturated rings. The van der Waals surface area contributed by atoms with E-state index in [2.05, 4.69) is 159 Å². The van der Waals surface area contributed by atoms with Crippen LogP contribution in [-0.4, -0.2) is 318 Å². The predicted molar refractivity (Wildman–Crippen MR) is 524 cm³/mol. The summed E-state index contributed by atoms with van der Waals surface area (Å²) >= 11 is 0. The van der Waals surface area contributed by atoms with Crippen molar-refractivity contribution in [2.45, 2.75) is 225 Å². The zero-order valence-corrected chi connectivity index (χ0v) is 83.2. The van der Waals surface area contributed by atoms with E-state index in [4.69, 9.17) is 20.5 Å². The zero-order valence-electron chi connectivity index (χ0n) is 83.2. The highest BCUT2D eigenvalue weighted by atomic mass is 16.5. The molecule has 0 saturated heterocycles. The van der Waals surface area contributed by atoms with Crippen LogP contribution >= 0.6 is 0 Å². The molecule has 14 amide bonds. The number of carbonyl (C=O) groups excluding carboxylic acids is 14. The van der Waals surface area contributed by atoms with E-state index in [0.29, 0.717) is 160 Å². The number of quaternary nitrogens is 4. The van der Waals surface area contributed by atoms with Crippen molar-refractivity contribution in [3.63, 3.8) is 0 Å². The highest BCUT2D eigenvalue weighted by molar-refractivity contribution is 6.00. The highest BCUT2D eigenvalue weighted by Crippen LogP contribution is 2.15. The Kier molecular flexibility index (Phi) is 67.2. The molecule has 0 radical (unpaired) electrons. The van der Waals surface area contributed by atoms with Gasteiger partial charge in [-0.15, -0.1) is 10.2 Å². The molecule has 0 aliphatic carbocycles. The third-order valence-electron chi connectivity index (χ3n) is 21.0. The normalized spacial score (nSPS) is 12.7. The van der Waals surface area contributed by atoms with E-state index in [-0.39, 0.29) is 115 Å². The van der Waals surface area contributed by atoms with Crippen LogP contribution in [0.2, 0.25) is 0 Å². The fourth-order valence-corrected chi connectivity index (χ4v) is 13.7. The van der Waals surface area contributed by atoms with Crippen molar-refractivity contribution in [1.29, 1.82) is 0 Å². The van der Waals surface area contributed by atoms with Gasteiger partial charge in [0, 0.05) is 159 Å². The van der Waals surface area contributed by atoms with E-state index >= 15 is 0 Å². The van der Waals surface area contributed by atoms with Crippen LogP contribution < -0.4 is 119 Å². The van der Waals surface area contributed by atoms with Crippen molar-refractivity contribution in [2.24, 2.45) is 22.1 Å². The molecule has 0 spiro atoms. The number of nitrogens with zero attached hydrogens (tertiary/aromatic N) is 12. The van der Waals surface area contributed by atoms with Gasteiger partial charge in [-0.05, 0) is 85.4 Å². The Morgan fingerprint density at radius 2 is 0.695 bits per heavy atom. The number of hydrogen-bond donors (Lipinski definition) is 22. The fraction of sp³-hybridized carbons (Fsp3) is 0.670. The summed E-state index contributed by atoms with van der Waals surface area (Å²) in [5.74, 6) is -8.98. The minimum atomic E-state index is -1.55. The Morgan fingerprint density at radius 1 is 0.355 bits per heavy atom. The first-order chi connectivity index (χ1) is 68.1. The Bertz CT molecular complexity index is 4390. The molecule has 0 aliphatic rings. The van der Waals surface area contributed by atoms with Crippen molar-refractivity contribution in [2.75, 3.05) is 157 Å². The third kappa shape index (κ3) is 59.0. The maximum Gasteiger partial charge on any atom is 0.243 e. The summed E-state index contributed by atoms with van der Waals surface area (Å²) in [5.41, 5.74) is 34.6. The van der Waals surface area contributed by atoms with Crippen molar-refractivity contribution in [3.05, 3.63) is 116 Å². The Labute approximate surface area is 825 Å². The lowest BCUT2D eigenvalue weighted by molar-refractivity contribution is -0.368. The Balaban J connectivity index is 0.000000726. The topological polar surface area (TPSA) is 743 Å². The first kappa shape index (κ1) is 123. The molecule has 0 bridgehead atoms. The number of ether oxygens (including phenoxy) is 2. The average Bonchev–Trinajstić information content (AvgIpc) is 1.16. The minimum absolute atomic E-state index is 0.0202. The third-order valence-corrected chi connectivity index (χ3v) is 21.0. The van der Waals surface area contributed by atoms with Gasteiger partial charge in [0.1, 0.15) is 48.3 Å². The van der Waals surface area contributed by atoms with Gasteiger partial charge in [-0.1, -0.05) is 136 Å². The molecule has 0 saturated carbocycles. The molecule has 4 aromatic rings. The van der Waals surface area contributed by atoms with Gasteiger partial charge in [-0.3, -0.25) is 67.1 Å². The number of unbranched alkanes of at least 4 members (excludes halogenated alkanes) is 2. The lowest BCUT2D eigenvalue weighted by atomic mass is 10.00. The number of carbonyl (C=O) groups is 14. The molecule has 0 unspecified atom stereocenters. The Morgan fingerprint density at radius 3 is 1.06 bits per heavy atom. The van der Waals surface area contributed by atoms with Gasteiger partial charge >= 0.3 is 0 Å². The predicted octanol–water partition coefficient (Wildman–Crippen LogP) is -6.11. The monoisotopic (exact) mass is 1990 g/mol. The van der Waals surface area contributed by atoms with Crippen LogP contribution in [0.5, 0.6) is 0 Å². The second-order valence-electron chi connectivity index (χ2n) is 34.3. The summed E-state index contributed by atoms with van der Waals surface area (Å²) in [7, 11) is 0. The molecule has 2 aromatic carbocycles. The zero-order chi connectivity index (χ0) is 103. The van der Waals surface area contributed by atoms with E-state index in [1.165, 1.54) is 0 Å². The first-order valence-corrected chi connectivity index (χ1v) is 49.1. The number of azide groups is 2. The maximum atomic E-state index is 14.4. The summed E-state index contributed by atoms with van der Waals surface area (Å²) in [6, 6.07) is 7.53. The smallest absolute Gasteiger partial charge is 0.243 e. The summed E-state index contributed by atoms with van der Waals surface area (Å²) in [6.07, 6.45) is 7.76. The van der Waals surface area contributed by atoms with E-state index in [9.17, 15) is 67.1 Å². The van der Waals surface area contributed by atoms with Gasteiger partial charge in [0.25, 0.3) is 0 Å². The molecule has 50 nitrogen and oxygen atoms in total. The van der Waals surface area contributed by atoms with Gasteiger partial charge in [0.05, 0.1) is 103 Å². The number of aromatic nitrogens is 6. The molecule has 786 valence electrons. The van der Waals surface area contributed by atoms with Crippen LogP contribution in [0, 0.1) is 11.8 Å². The van der Waals surface area contributed by atoms with Gasteiger partial charge in [0.2, 0.25) is 82.7 Å². The number of nitrogens with one attached hydrogen (secondary N) is 18. The minimum Gasteiger partial charge on any atom is -0.379 e. The number of benzene rings is 2. The van der Waals surface area contributed by atoms with Crippen LogP contribution in [0.1, 0.15) is 160 Å². The quantitative estimate of drug-likeness (QED) is 0.00846. The SMILES string of the molecule is CCCCCNC(=O)[C@H](CC(=O)NCCNCC[NH3+])NC(=O)[C@@H](CC(=O)NCCNCCC[NH3+])NC(=O)[C@H](CC(C)C)NC(=O)[C@@H](Cc1ccccc1)NC(=O)CCCc1cn(CCOCCN=[N+]=[N-])nn1.CCCNC(=O)[C@H](CC(=O)NCCNCC[NH3+])NC(=O)[C@@H](CC(=O)NCCNCC[NH3+])NC(=O)[C@H](Cc1ccccc1)NC(=O)[C@@H](CC(C)C)NC(=O)CCCc1cn(CCOCCN=[N+]=[N-])nn1. The molecule has 0 aliphatic heterocycles. The largest absolute Gasteiger partial charge is 0.379 e. The molecule has 8 atom stereocenters. The molecule has 141 heavy (non-hydrogen) atoms. The van der Waals surface area contributed by atoms with Gasteiger partial charge in [-0.25, -0.2) is 9.36 Å². The van der Waals surface area contributed by atoms with E-state index in [0.717, 1.165) is 31.4 Å². The highest BCUT2D eigenvalue weighted by Gasteiger charge is 2.37. The summed E-state index contributed by atoms with van der Waals surface area (Å²) in [4.78, 5) is 197. The van der Waals surface area contributed by atoms with Crippen LogP contribution in [0.3, 0.4) is 0 Å². The van der Waals surface area contributed by atoms with Crippen molar-refractivity contribution in [1.82, 2.24) is 126 Å². The van der Waals surface area contributed by atoms with Gasteiger partial charge in [0.15, 0.2) is 0 Å². The number of amides is 14. The molecular weight excluding hydrogens is 1830 g/mol. The summed E-state index contributed by atoms with van der Waals surface area (Å²) in [6.45, 7) is 22.7. The fourth-order valence-electron chi connectivity index (χ4n) is 13.7. The molecule has 30 N–H and O–H groups in total. The molecule has 4 rings (SSSR count). The van der Waals surface area contributed by atoms with E-state index in [1.807, 2.05) is 71.9 Å². The van der Waals surface area contributed by atoms with E-state index in [1.54, 1.807) is 52.1 Å². The summed E-state index contributed by atoms with van der Waals surface area (Å²) in [5, 5.41) is 74.1. The second-order valence-corrected chi connectivity index (χ2v) is 34.3. The van der Waals surface area contributed by atoms with Crippen LogP contribution in [-0.2, 0) is 115 Å². The second kappa shape index (κ2) is 77.3. The van der Waals surface area contributed by atoms with E-state index < -0.39 is 151 Å². The van der Waals surface area contributed by atoms with Crippen LogP contribution in [0.15, 0.2) is 83.3 Å². The first-order valence-electron chi connectivity index (χ1n) is 49.1. The van der Waals surface area contributed by atoms with Crippen LogP contribution in [0.4, 0.5) is 0 Å². The molecule has 2 aromatic heterocycles. The Hall–Kier alpha value is -12.5. The molecule has 2 heterocycles. The summed E-state index contributed by atoms with van der Waals surface area (Å²) < 4.78 is 14.1. The maximum absolute atomic E-state index is 14.4. The standard InChI is InChI=1S/C47H81N17O8.C44H75N17O8/c1-4-5-9-19-55-44(68)39(31-42(66)54-24-22-52-20-17-49)59-47(71)40(32-43(67)53-23-21-51-18-11-16-48)60-45(69)37(29-34(2)3)58-46(70)38(30-35-12-7-6-8-13-35)57-41(65)15-10-14-36-33-64(63-61-36)26-28-72-27-25-56-62-50;1-4-15-52-41(65)36(28-39(63)50-20-18-48-16-13-45)56-44(68)37(29-40(64)51-21-19-49-17-14-46)57-43(67)35(27-32-9-6-5-7-10-32)55-42(66)34(26-31(2)3)54-38(62)12-8-11-33-30-61(60-58-33)23-25-69-24-22-53-59-47/h6-8,12-13,33-34,37-40,51-52H,4-5,9-11,14-32,48-49H2,1-3H3,(H,53,67)(H,54,66)(H,55,68)(H,57,65)(H,58,70)(H,59,71)(H,60,69);5-7,9-10,30-31,34-37,48-49H,4,8,11-29,45-46H2,1-3H3,(H,50,63)(H,51,64)(H,52,65)(H,54,62)(H,55,66)(H,56,68)(H,57,67)/p+4/t37-,38+,39-,40+;34-,35+,36+,37-/m01/s1. The van der Waals surface area contributed by atoms with Crippen molar-refractivity contribution >= 4 is 82.7 Å². The molecule has 50 heteroatoms. The number of rotatable bonds is 79. The lowest BCUT2D eigenvalue weighted by Gasteiger charge is -2.27. The van der Waals surface area contributed by atoms with Crippen molar-refractivity contribution in [3.8, 4) is 0 Å². The van der Waals surface area contributed by atoms with Crippen molar-refractivity contribution < 1.29 is 99.5 Å². The lowest BCUT2D eigenvalue weighted by Crippen LogP contribution is -2.60. The number of aryl methyl sites for hydroxylation is 2.